The van der Waals surface area contributed by atoms with Crippen LogP contribution in [0, 0.1) is 5.92 Å². The number of amides is 1. The van der Waals surface area contributed by atoms with Crippen LogP contribution >= 0.6 is 0 Å². The number of carbonyl (C=O) groups excluding carboxylic acids is 1. The van der Waals surface area contributed by atoms with Crippen LogP contribution in [-0.4, -0.2) is 50.5 Å². The van der Waals surface area contributed by atoms with Gasteiger partial charge in [-0.2, -0.15) is 0 Å². The quantitative estimate of drug-likeness (QED) is 0.614. The van der Waals surface area contributed by atoms with Crippen molar-refractivity contribution in [2.75, 3.05) is 33.7 Å². The molecule has 0 bridgehead atoms. The van der Waals surface area contributed by atoms with Crippen molar-refractivity contribution in [1.29, 1.82) is 0 Å². The first kappa shape index (κ1) is 19.3. The summed E-state index contributed by atoms with van der Waals surface area (Å²) >= 11 is 0. The van der Waals surface area contributed by atoms with Gasteiger partial charge in [-0.1, -0.05) is 31.2 Å². The monoisotopic (exact) mass is 344 g/mol. The fraction of sp³-hybridized carbons (Fsp3) is 0.600. The number of nitrogens with zero attached hydrogens (tertiary/aromatic N) is 2. The minimum Gasteiger partial charge on any atom is -0.359 e. The lowest BCUT2D eigenvalue weighted by Crippen LogP contribution is -2.46. The highest BCUT2D eigenvalue weighted by molar-refractivity contribution is 5.80. The fourth-order valence-electron chi connectivity index (χ4n) is 3.31. The molecule has 1 aliphatic heterocycles. The molecule has 1 aliphatic rings. The molecular formula is C20H32N4O. The summed E-state index contributed by atoms with van der Waals surface area (Å²) in [7, 11) is 3.55. The van der Waals surface area contributed by atoms with Crippen molar-refractivity contribution in [2.24, 2.45) is 10.9 Å². The molecule has 2 rings (SSSR count). The highest BCUT2D eigenvalue weighted by Crippen LogP contribution is 2.20. The lowest BCUT2D eigenvalue weighted by molar-refractivity contribution is -0.121. The Morgan fingerprint density at radius 1 is 1.20 bits per heavy atom. The minimum absolute atomic E-state index is 0.148. The van der Waals surface area contributed by atoms with Crippen LogP contribution in [0.3, 0.4) is 0 Å². The molecule has 1 heterocycles. The first-order valence-electron chi connectivity index (χ1n) is 9.40. The molecular weight excluding hydrogens is 312 g/mol. The SMILES string of the molecule is CCc1ccc(CCNC(=NC)N2CCC(CC(=O)NC)CC2)cc1. The number of likely N-dealkylation sites (tertiary alicyclic amines) is 1. The van der Waals surface area contributed by atoms with E-state index < -0.39 is 0 Å². The number of nitrogens with one attached hydrogen (secondary N) is 2. The molecule has 1 amide bonds. The average Bonchev–Trinajstić information content (AvgIpc) is 2.66. The van der Waals surface area contributed by atoms with Gasteiger partial charge >= 0.3 is 0 Å². The van der Waals surface area contributed by atoms with Gasteiger partial charge in [0.25, 0.3) is 0 Å². The predicted molar refractivity (Wildman–Crippen MR) is 104 cm³/mol. The average molecular weight is 345 g/mol. The number of rotatable bonds is 6. The Kier molecular flexibility index (Phi) is 7.76. The number of hydrogen-bond acceptors (Lipinski definition) is 2. The zero-order chi connectivity index (χ0) is 18.1. The Labute approximate surface area is 151 Å². The van der Waals surface area contributed by atoms with E-state index in [2.05, 4.69) is 51.7 Å². The molecule has 1 saturated heterocycles. The van der Waals surface area contributed by atoms with E-state index in [9.17, 15) is 4.79 Å². The Morgan fingerprint density at radius 3 is 2.40 bits per heavy atom. The topological polar surface area (TPSA) is 56.7 Å². The lowest BCUT2D eigenvalue weighted by atomic mass is 9.93. The molecule has 1 fully saturated rings. The smallest absolute Gasteiger partial charge is 0.220 e. The molecule has 138 valence electrons. The Balaban J connectivity index is 1.74. The molecule has 25 heavy (non-hydrogen) atoms. The third kappa shape index (κ3) is 6.07. The Hall–Kier alpha value is -2.04. The van der Waals surface area contributed by atoms with Crippen LogP contribution in [0.5, 0.6) is 0 Å². The van der Waals surface area contributed by atoms with Gasteiger partial charge < -0.3 is 15.5 Å². The van der Waals surface area contributed by atoms with E-state index in [4.69, 9.17) is 0 Å². The van der Waals surface area contributed by atoms with Gasteiger partial charge in [0.15, 0.2) is 5.96 Å². The van der Waals surface area contributed by atoms with Crippen LogP contribution in [0.15, 0.2) is 29.3 Å². The molecule has 0 spiro atoms. The summed E-state index contributed by atoms with van der Waals surface area (Å²) in [5.41, 5.74) is 2.73. The molecule has 5 nitrogen and oxygen atoms in total. The highest BCUT2D eigenvalue weighted by atomic mass is 16.1. The van der Waals surface area contributed by atoms with Gasteiger partial charge in [-0.3, -0.25) is 9.79 Å². The normalized spacial score (nSPS) is 16.0. The lowest BCUT2D eigenvalue weighted by Gasteiger charge is -2.34. The number of piperidine rings is 1. The number of carbonyl (C=O) groups is 1. The second-order valence-electron chi connectivity index (χ2n) is 6.70. The number of aliphatic imine (C=N–C) groups is 1. The zero-order valence-electron chi connectivity index (χ0n) is 15.8. The zero-order valence-corrected chi connectivity index (χ0v) is 15.8. The second-order valence-corrected chi connectivity index (χ2v) is 6.70. The molecule has 0 aliphatic carbocycles. The second kappa shape index (κ2) is 10.1. The van der Waals surface area contributed by atoms with Gasteiger partial charge in [-0.05, 0) is 42.7 Å². The van der Waals surface area contributed by atoms with E-state index in [1.54, 1.807) is 7.05 Å². The maximum atomic E-state index is 11.5. The Morgan fingerprint density at radius 2 is 1.84 bits per heavy atom. The van der Waals surface area contributed by atoms with E-state index in [0.717, 1.165) is 51.3 Å². The van der Waals surface area contributed by atoms with E-state index in [1.165, 1.54) is 11.1 Å². The predicted octanol–water partition coefficient (Wildman–Crippen LogP) is 2.21. The van der Waals surface area contributed by atoms with E-state index in [1.807, 2.05) is 7.05 Å². The summed E-state index contributed by atoms with van der Waals surface area (Å²) in [5.74, 6) is 1.62. The van der Waals surface area contributed by atoms with Crippen molar-refractivity contribution in [3.8, 4) is 0 Å². The summed E-state index contributed by atoms with van der Waals surface area (Å²) < 4.78 is 0. The van der Waals surface area contributed by atoms with Crippen molar-refractivity contribution in [1.82, 2.24) is 15.5 Å². The molecule has 0 saturated carbocycles. The third-order valence-corrected chi connectivity index (χ3v) is 5.01. The molecule has 0 atom stereocenters. The van der Waals surface area contributed by atoms with Gasteiger partial charge in [0.2, 0.25) is 5.91 Å². The standard InChI is InChI=1S/C20H32N4O/c1-4-16-5-7-17(8-6-16)9-12-23-20(22-3)24-13-10-18(11-14-24)15-19(25)21-2/h5-8,18H,4,9-15H2,1-3H3,(H,21,25)(H,22,23). The van der Waals surface area contributed by atoms with Gasteiger partial charge in [-0.15, -0.1) is 0 Å². The Bertz CT molecular complexity index is 560. The molecule has 0 unspecified atom stereocenters. The van der Waals surface area contributed by atoms with Crippen molar-refractivity contribution in [2.45, 2.75) is 39.0 Å². The minimum atomic E-state index is 0.148. The number of guanidine groups is 1. The summed E-state index contributed by atoms with van der Waals surface area (Å²) in [4.78, 5) is 18.2. The summed E-state index contributed by atoms with van der Waals surface area (Å²) in [6.45, 7) is 4.99. The van der Waals surface area contributed by atoms with Crippen LogP contribution in [0.4, 0.5) is 0 Å². The molecule has 1 aromatic carbocycles. The van der Waals surface area contributed by atoms with Gasteiger partial charge in [0.1, 0.15) is 0 Å². The van der Waals surface area contributed by atoms with Crippen LogP contribution in [0.1, 0.15) is 37.3 Å². The molecule has 5 heteroatoms. The van der Waals surface area contributed by atoms with Gasteiger partial charge in [0, 0.05) is 40.2 Å². The van der Waals surface area contributed by atoms with Crippen LogP contribution < -0.4 is 10.6 Å². The van der Waals surface area contributed by atoms with Crippen LogP contribution in [-0.2, 0) is 17.6 Å². The van der Waals surface area contributed by atoms with E-state index in [-0.39, 0.29) is 5.91 Å². The molecule has 0 radical (unpaired) electrons. The first-order chi connectivity index (χ1) is 12.2. The summed E-state index contributed by atoms with van der Waals surface area (Å²) in [6, 6.07) is 8.85. The maximum Gasteiger partial charge on any atom is 0.220 e. The van der Waals surface area contributed by atoms with Crippen LogP contribution in [0.2, 0.25) is 0 Å². The largest absolute Gasteiger partial charge is 0.359 e. The number of benzene rings is 1. The van der Waals surface area contributed by atoms with Gasteiger partial charge in [-0.25, -0.2) is 0 Å². The van der Waals surface area contributed by atoms with Crippen molar-refractivity contribution in [3.63, 3.8) is 0 Å². The number of hydrogen-bond donors (Lipinski definition) is 2. The maximum absolute atomic E-state index is 11.5. The molecule has 2 N–H and O–H groups in total. The highest BCUT2D eigenvalue weighted by Gasteiger charge is 2.22. The van der Waals surface area contributed by atoms with Crippen molar-refractivity contribution in [3.05, 3.63) is 35.4 Å². The van der Waals surface area contributed by atoms with Crippen LogP contribution in [0.25, 0.3) is 0 Å². The van der Waals surface area contributed by atoms with E-state index >= 15 is 0 Å². The molecule has 0 aromatic heterocycles. The molecule has 1 aromatic rings. The summed E-state index contributed by atoms with van der Waals surface area (Å²) in [6.07, 6.45) is 4.82. The van der Waals surface area contributed by atoms with Crippen molar-refractivity contribution < 1.29 is 4.79 Å². The number of aryl methyl sites for hydroxylation is 1. The van der Waals surface area contributed by atoms with Gasteiger partial charge in [0.05, 0.1) is 0 Å². The first-order valence-corrected chi connectivity index (χ1v) is 9.40. The fourth-order valence-corrected chi connectivity index (χ4v) is 3.31. The van der Waals surface area contributed by atoms with Crippen molar-refractivity contribution >= 4 is 11.9 Å². The van der Waals surface area contributed by atoms with E-state index in [0.29, 0.717) is 12.3 Å². The third-order valence-electron chi connectivity index (χ3n) is 5.01. The summed E-state index contributed by atoms with van der Waals surface area (Å²) in [5, 5.41) is 6.20.